The minimum atomic E-state index is -1.39. The highest BCUT2D eigenvalue weighted by Crippen LogP contribution is 2.35. The maximum absolute atomic E-state index is 14.2. The predicted octanol–water partition coefficient (Wildman–Crippen LogP) is 1.97. The normalized spacial score (nSPS) is 15.4. The summed E-state index contributed by atoms with van der Waals surface area (Å²) in [5.41, 5.74) is -0.864. The Hall–Kier alpha value is -3.99. The molecular formula is C23H21F2N3O6. The number of carbonyl (C=O) groups is 2. The Labute approximate surface area is 191 Å². The second-order valence-corrected chi connectivity index (χ2v) is 7.77. The molecule has 0 saturated carbocycles. The molecule has 1 aliphatic heterocycles. The number of amides is 2. The monoisotopic (exact) mass is 473 g/mol. The standard InChI is InChI=1S/C23H21F2N3O6/c1-11-10-34-21-18(25)16(24)7-14-19(21)28(11)8-15(20(14)30)22(31)27-17(9-29)23(32)26-12-4-3-5-13(6-12)33-2/h3-8,11,17,29H,9-10H2,1-2H3,(H,26,32)(H,27,31). The second kappa shape index (κ2) is 9.10. The Morgan fingerprint density at radius 2 is 2.09 bits per heavy atom. The maximum Gasteiger partial charge on any atom is 0.257 e. The van der Waals surface area contributed by atoms with Crippen LogP contribution in [-0.4, -0.2) is 47.9 Å². The number of rotatable bonds is 6. The van der Waals surface area contributed by atoms with Gasteiger partial charge in [-0.3, -0.25) is 14.4 Å². The summed E-state index contributed by atoms with van der Waals surface area (Å²) in [7, 11) is 1.46. The molecule has 4 rings (SSSR count). The van der Waals surface area contributed by atoms with Gasteiger partial charge in [-0.25, -0.2) is 4.39 Å². The average molecular weight is 473 g/mol. The molecule has 0 spiro atoms. The van der Waals surface area contributed by atoms with Gasteiger partial charge in [-0.05, 0) is 25.1 Å². The summed E-state index contributed by atoms with van der Waals surface area (Å²) in [5.74, 6) is -4.11. The summed E-state index contributed by atoms with van der Waals surface area (Å²) in [6.07, 6.45) is 1.21. The van der Waals surface area contributed by atoms with Crippen LogP contribution in [0.4, 0.5) is 14.5 Å². The quantitative estimate of drug-likeness (QED) is 0.504. The molecule has 9 nitrogen and oxygen atoms in total. The number of anilines is 1. The molecule has 0 saturated heterocycles. The Balaban J connectivity index is 1.66. The third-order valence-electron chi connectivity index (χ3n) is 5.50. The fourth-order valence-corrected chi connectivity index (χ4v) is 3.72. The third kappa shape index (κ3) is 4.05. The van der Waals surface area contributed by atoms with Crippen LogP contribution >= 0.6 is 0 Å². The van der Waals surface area contributed by atoms with Gasteiger partial charge in [0, 0.05) is 18.0 Å². The van der Waals surface area contributed by atoms with Crippen molar-refractivity contribution < 1.29 is 33.0 Å². The fraction of sp³-hybridized carbons (Fsp3) is 0.261. The molecule has 0 fully saturated rings. The zero-order valence-corrected chi connectivity index (χ0v) is 18.2. The predicted molar refractivity (Wildman–Crippen MR) is 118 cm³/mol. The Bertz CT molecular complexity index is 1360. The minimum absolute atomic E-state index is 0.00535. The number of pyridine rings is 1. The van der Waals surface area contributed by atoms with E-state index in [4.69, 9.17) is 9.47 Å². The molecule has 11 heteroatoms. The molecule has 3 N–H and O–H groups in total. The lowest BCUT2D eigenvalue weighted by molar-refractivity contribution is -0.118. The van der Waals surface area contributed by atoms with E-state index >= 15 is 0 Å². The summed E-state index contributed by atoms with van der Waals surface area (Å²) in [6.45, 7) is 0.958. The Morgan fingerprint density at radius 3 is 2.79 bits per heavy atom. The first-order valence-corrected chi connectivity index (χ1v) is 10.3. The van der Waals surface area contributed by atoms with Gasteiger partial charge in [0.05, 0.1) is 30.7 Å². The van der Waals surface area contributed by atoms with Gasteiger partial charge < -0.3 is 29.8 Å². The fourth-order valence-electron chi connectivity index (χ4n) is 3.72. The summed E-state index contributed by atoms with van der Waals surface area (Å²) in [5, 5.41) is 14.3. The van der Waals surface area contributed by atoms with E-state index in [9.17, 15) is 28.3 Å². The number of halogens is 2. The summed E-state index contributed by atoms with van der Waals surface area (Å²) in [4.78, 5) is 38.5. The zero-order chi connectivity index (χ0) is 24.6. The Morgan fingerprint density at radius 1 is 1.32 bits per heavy atom. The number of benzene rings is 2. The number of nitrogens with zero attached hydrogens (tertiary/aromatic N) is 1. The number of aromatic nitrogens is 1. The molecule has 0 radical (unpaired) electrons. The molecule has 2 amide bonds. The first-order valence-electron chi connectivity index (χ1n) is 10.3. The molecule has 178 valence electrons. The van der Waals surface area contributed by atoms with Crippen molar-refractivity contribution in [3.8, 4) is 11.5 Å². The van der Waals surface area contributed by atoms with E-state index in [-0.39, 0.29) is 17.5 Å². The molecule has 34 heavy (non-hydrogen) atoms. The van der Waals surface area contributed by atoms with E-state index in [0.29, 0.717) is 17.5 Å². The largest absolute Gasteiger partial charge is 0.497 e. The van der Waals surface area contributed by atoms with E-state index in [2.05, 4.69) is 10.6 Å². The molecule has 1 aromatic heterocycles. The lowest BCUT2D eigenvalue weighted by atomic mass is 10.1. The molecule has 2 aromatic carbocycles. The van der Waals surface area contributed by atoms with Gasteiger partial charge in [0.2, 0.25) is 17.2 Å². The van der Waals surface area contributed by atoms with Crippen molar-refractivity contribution in [2.45, 2.75) is 19.0 Å². The summed E-state index contributed by atoms with van der Waals surface area (Å²) in [6, 6.07) is 5.38. The van der Waals surface area contributed by atoms with Crippen LogP contribution in [0.15, 0.2) is 41.3 Å². The SMILES string of the molecule is COc1cccc(NC(=O)C(CO)NC(=O)c2cn3c4c(c(F)c(F)cc4c2=O)OCC3C)c1. The molecule has 0 bridgehead atoms. The van der Waals surface area contributed by atoms with Gasteiger partial charge in [-0.1, -0.05) is 6.07 Å². The van der Waals surface area contributed by atoms with Crippen LogP contribution in [0.3, 0.4) is 0 Å². The highest BCUT2D eigenvalue weighted by atomic mass is 19.2. The van der Waals surface area contributed by atoms with Crippen molar-refractivity contribution >= 4 is 28.4 Å². The number of aliphatic hydroxyl groups excluding tert-OH is 1. The second-order valence-electron chi connectivity index (χ2n) is 7.77. The van der Waals surface area contributed by atoms with Crippen molar-refractivity contribution in [3.63, 3.8) is 0 Å². The van der Waals surface area contributed by atoms with Crippen molar-refractivity contribution in [2.24, 2.45) is 0 Å². The number of ether oxygens (including phenoxy) is 2. The van der Waals surface area contributed by atoms with Crippen molar-refractivity contribution in [2.75, 3.05) is 25.6 Å². The van der Waals surface area contributed by atoms with Gasteiger partial charge in [0.1, 0.15) is 24.0 Å². The average Bonchev–Trinajstić information content (AvgIpc) is 2.83. The van der Waals surface area contributed by atoms with Gasteiger partial charge in [0.15, 0.2) is 11.6 Å². The van der Waals surface area contributed by atoms with Crippen molar-refractivity contribution in [1.29, 1.82) is 0 Å². The van der Waals surface area contributed by atoms with E-state index in [1.165, 1.54) is 17.9 Å². The van der Waals surface area contributed by atoms with Crippen LogP contribution in [0.5, 0.6) is 11.5 Å². The van der Waals surface area contributed by atoms with E-state index in [1.807, 2.05) is 0 Å². The number of hydrogen-bond acceptors (Lipinski definition) is 6. The third-order valence-corrected chi connectivity index (χ3v) is 5.50. The van der Waals surface area contributed by atoms with Gasteiger partial charge in [-0.15, -0.1) is 0 Å². The minimum Gasteiger partial charge on any atom is -0.497 e. The molecule has 2 atom stereocenters. The Kier molecular flexibility index (Phi) is 6.20. The zero-order valence-electron chi connectivity index (χ0n) is 18.2. The van der Waals surface area contributed by atoms with E-state index in [0.717, 1.165) is 0 Å². The van der Waals surface area contributed by atoms with Crippen LogP contribution in [0.1, 0.15) is 23.3 Å². The molecule has 2 unspecified atom stereocenters. The van der Waals surface area contributed by atoms with Crippen LogP contribution < -0.4 is 25.5 Å². The van der Waals surface area contributed by atoms with E-state index < -0.39 is 58.9 Å². The number of hydrogen-bond donors (Lipinski definition) is 3. The van der Waals surface area contributed by atoms with Crippen LogP contribution in [0.25, 0.3) is 10.9 Å². The first-order chi connectivity index (χ1) is 16.2. The van der Waals surface area contributed by atoms with Gasteiger partial charge in [0.25, 0.3) is 5.91 Å². The number of methoxy groups -OCH3 is 1. The smallest absolute Gasteiger partial charge is 0.257 e. The molecular weight excluding hydrogens is 452 g/mol. The highest BCUT2D eigenvalue weighted by molar-refractivity contribution is 6.03. The highest BCUT2D eigenvalue weighted by Gasteiger charge is 2.29. The first kappa shape index (κ1) is 23.2. The molecule has 3 aromatic rings. The molecule has 1 aliphatic rings. The maximum atomic E-state index is 14.2. The number of aliphatic hydroxyl groups is 1. The van der Waals surface area contributed by atoms with Crippen LogP contribution in [-0.2, 0) is 4.79 Å². The topological polar surface area (TPSA) is 119 Å². The van der Waals surface area contributed by atoms with Gasteiger partial charge in [-0.2, -0.15) is 4.39 Å². The number of carbonyl (C=O) groups excluding carboxylic acids is 2. The van der Waals surface area contributed by atoms with E-state index in [1.54, 1.807) is 31.2 Å². The van der Waals surface area contributed by atoms with Gasteiger partial charge >= 0.3 is 0 Å². The lowest BCUT2D eigenvalue weighted by Gasteiger charge is -2.27. The summed E-state index contributed by atoms with van der Waals surface area (Å²) < 4.78 is 40.2. The number of nitrogens with one attached hydrogen (secondary N) is 2. The van der Waals surface area contributed by atoms with Crippen molar-refractivity contribution in [1.82, 2.24) is 9.88 Å². The molecule has 2 heterocycles. The summed E-state index contributed by atoms with van der Waals surface area (Å²) >= 11 is 0. The molecule has 0 aliphatic carbocycles. The van der Waals surface area contributed by atoms with Crippen LogP contribution in [0, 0.1) is 11.6 Å². The lowest BCUT2D eigenvalue weighted by Crippen LogP contribution is -2.47. The van der Waals surface area contributed by atoms with Crippen molar-refractivity contribution in [3.05, 3.63) is 63.9 Å². The van der Waals surface area contributed by atoms with Crippen LogP contribution in [0.2, 0.25) is 0 Å².